The first-order valence-corrected chi connectivity index (χ1v) is 5.90. The van der Waals surface area contributed by atoms with E-state index in [1.54, 1.807) is 6.07 Å². The van der Waals surface area contributed by atoms with Crippen molar-refractivity contribution in [2.75, 3.05) is 11.9 Å². The molecule has 0 bridgehead atoms. The van der Waals surface area contributed by atoms with E-state index < -0.39 is 5.97 Å². The quantitative estimate of drug-likeness (QED) is 0.632. The number of fused-ring (bicyclic) bond motifs is 1. The van der Waals surface area contributed by atoms with Crippen LogP contribution in [0.5, 0.6) is 0 Å². The summed E-state index contributed by atoms with van der Waals surface area (Å²) in [5, 5.41) is 20.6. The topological polar surface area (TPSA) is 75.1 Å². The van der Waals surface area contributed by atoms with Gasteiger partial charge in [-0.15, -0.1) is 22.5 Å². The van der Waals surface area contributed by atoms with Crippen LogP contribution >= 0.6 is 0 Å². The van der Waals surface area contributed by atoms with Crippen molar-refractivity contribution in [3.05, 3.63) is 30.0 Å². The van der Waals surface area contributed by atoms with Crippen molar-refractivity contribution in [3.8, 4) is 12.3 Å². The molecule has 0 aliphatic carbocycles. The summed E-state index contributed by atoms with van der Waals surface area (Å²) in [6.45, 7) is 0.597. The van der Waals surface area contributed by atoms with Gasteiger partial charge in [0.2, 0.25) is 0 Å². The lowest BCUT2D eigenvalue weighted by molar-refractivity contribution is 0.0690. The molecule has 0 saturated heterocycles. The van der Waals surface area contributed by atoms with Gasteiger partial charge in [0.05, 0.1) is 11.2 Å². The lowest BCUT2D eigenvalue weighted by Gasteiger charge is -2.10. The molecule has 1 heterocycles. The summed E-state index contributed by atoms with van der Waals surface area (Å²) in [7, 11) is 0. The van der Waals surface area contributed by atoms with Gasteiger partial charge < -0.3 is 10.4 Å². The second kappa shape index (κ2) is 5.83. The molecule has 1 aromatic carbocycles. The van der Waals surface area contributed by atoms with Crippen LogP contribution in [0.4, 0.5) is 5.69 Å². The van der Waals surface area contributed by atoms with Crippen LogP contribution in [0.15, 0.2) is 24.3 Å². The Morgan fingerprint density at radius 3 is 2.89 bits per heavy atom. The molecule has 96 valence electrons. The standard InChI is InChI=1S/C14H13N3O2/c1-2-3-6-9-15-12-10-7-4-5-8-11(10)16-17-13(12)14(18)19/h1,4-5,7-8H,3,6,9H2,(H,15,16)(H,18,19). The number of unbranched alkanes of at least 4 members (excludes halogenated alkanes) is 1. The molecule has 0 atom stereocenters. The highest BCUT2D eigenvalue weighted by Gasteiger charge is 2.15. The third-order valence-electron chi connectivity index (χ3n) is 2.67. The Bertz CT molecular complexity index is 647. The average Bonchev–Trinajstić information content (AvgIpc) is 2.43. The number of rotatable bonds is 5. The molecule has 0 fully saturated rings. The van der Waals surface area contributed by atoms with Gasteiger partial charge in [0.1, 0.15) is 0 Å². The van der Waals surface area contributed by atoms with E-state index in [4.69, 9.17) is 11.5 Å². The number of hydrogen-bond donors (Lipinski definition) is 2. The number of aromatic nitrogens is 2. The Kier molecular flexibility index (Phi) is 3.94. The summed E-state index contributed by atoms with van der Waals surface area (Å²) >= 11 is 0. The monoisotopic (exact) mass is 255 g/mol. The summed E-state index contributed by atoms with van der Waals surface area (Å²) in [6.07, 6.45) is 6.60. The maximum Gasteiger partial charge on any atom is 0.358 e. The van der Waals surface area contributed by atoms with Crippen LogP contribution in [0.25, 0.3) is 10.9 Å². The predicted molar refractivity (Wildman–Crippen MR) is 73.1 cm³/mol. The minimum atomic E-state index is -1.10. The van der Waals surface area contributed by atoms with Crippen LogP contribution in [0.2, 0.25) is 0 Å². The van der Waals surface area contributed by atoms with Gasteiger partial charge in [0.25, 0.3) is 0 Å². The van der Waals surface area contributed by atoms with Gasteiger partial charge in [0, 0.05) is 18.4 Å². The fourth-order valence-corrected chi connectivity index (χ4v) is 1.79. The Morgan fingerprint density at radius 1 is 1.37 bits per heavy atom. The minimum Gasteiger partial charge on any atom is -0.476 e. The fourth-order valence-electron chi connectivity index (χ4n) is 1.79. The molecule has 19 heavy (non-hydrogen) atoms. The zero-order chi connectivity index (χ0) is 13.7. The van der Waals surface area contributed by atoms with Gasteiger partial charge in [-0.2, -0.15) is 0 Å². The Labute approximate surface area is 110 Å². The number of terminal acetylenes is 1. The zero-order valence-corrected chi connectivity index (χ0v) is 10.3. The van der Waals surface area contributed by atoms with E-state index in [0.717, 1.165) is 11.8 Å². The SMILES string of the molecule is C#CCCCNc1c(C(=O)O)nnc2ccccc12. The molecule has 0 radical (unpaired) electrons. The third kappa shape index (κ3) is 2.80. The van der Waals surface area contributed by atoms with E-state index in [2.05, 4.69) is 21.4 Å². The molecular formula is C14H13N3O2. The van der Waals surface area contributed by atoms with Gasteiger partial charge in [-0.05, 0) is 12.5 Å². The van der Waals surface area contributed by atoms with Crippen molar-refractivity contribution < 1.29 is 9.90 Å². The smallest absolute Gasteiger partial charge is 0.358 e. The number of aromatic carboxylic acids is 1. The van der Waals surface area contributed by atoms with Gasteiger partial charge in [-0.25, -0.2) is 4.79 Å². The molecule has 2 rings (SSSR count). The van der Waals surface area contributed by atoms with Crippen LogP contribution < -0.4 is 5.32 Å². The van der Waals surface area contributed by atoms with Crippen LogP contribution in [0.3, 0.4) is 0 Å². The van der Waals surface area contributed by atoms with Gasteiger partial charge in [-0.1, -0.05) is 18.2 Å². The molecule has 0 spiro atoms. The van der Waals surface area contributed by atoms with Crippen molar-refractivity contribution in [2.45, 2.75) is 12.8 Å². The van der Waals surface area contributed by atoms with E-state index in [0.29, 0.717) is 24.2 Å². The molecular weight excluding hydrogens is 242 g/mol. The zero-order valence-electron chi connectivity index (χ0n) is 10.3. The Morgan fingerprint density at radius 2 is 2.16 bits per heavy atom. The summed E-state index contributed by atoms with van der Waals surface area (Å²) in [5.41, 5.74) is 1.08. The first-order valence-electron chi connectivity index (χ1n) is 5.90. The van der Waals surface area contributed by atoms with E-state index in [1.807, 2.05) is 18.2 Å². The number of nitrogens with one attached hydrogen (secondary N) is 1. The summed E-state index contributed by atoms with van der Waals surface area (Å²) in [5.74, 6) is 1.44. The molecule has 0 unspecified atom stereocenters. The summed E-state index contributed by atoms with van der Waals surface area (Å²) in [4.78, 5) is 11.2. The van der Waals surface area contributed by atoms with Crippen molar-refractivity contribution >= 4 is 22.6 Å². The summed E-state index contributed by atoms with van der Waals surface area (Å²) < 4.78 is 0. The van der Waals surface area contributed by atoms with Crippen LogP contribution in [0, 0.1) is 12.3 Å². The number of anilines is 1. The molecule has 2 aromatic rings. The highest BCUT2D eigenvalue weighted by Crippen LogP contribution is 2.24. The Hall–Kier alpha value is -2.61. The Balaban J connectivity index is 2.39. The van der Waals surface area contributed by atoms with Crippen molar-refractivity contribution in [3.63, 3.8) is 0 Å². The largest absolute Gasteiger partial charge is 0.476 e. The molecule has 0 aliphatic rings. The van der Waals surface area contributed by atoms with E-state index in [-0.39, 0.29) is 5.69 Å². The van der Waals surface area contributed by atoms with E-state index in [9.17, 15) is 4.79 Å². The maximum atomic E-state index is 11.2. The van der Waals surface area contributed by atoms with E-state index in [1.165, 1.54) is 0 Å². The van der Waals surface area contributed by atoms with Gasteiger partial charge in [0.15, 0.2) is 5.69 Å². The number of nitrogens with zero attached hydrogens (tertiary/aromatic N) is 2. The van der Waals surface area contributed by atoms with Crippen molar-refractivity contribution in [1.82, 2.24) is 10.2 Å². The molecule has 5 nitrogen and oxygen atoms in total. The van der Waals surface area contributed by atoms with Crippen LogP contribution in [-0.4, -0.2) is 27.8 Å². The molecule has 2 N–H and O–H groups in total. The molecule has 5 heteroatoms. The van der Waals surface area contributed by atoms with Gasteiger partial charge >= 0.3 is 5.97 Å². The highest BCUT2D eigenvalue weighted by molar-refractivity contribution is 6.02. The number of hydrogen-bond acceptors (Lipinski definition) is 4. The lowest BCUT2D eigenvalue weighted by Crippen LogP contribution is -2.11. The maximum absolute atomic E-state index is 11.2. The number of carboxylic acids is 1. The molecule has 1 aromatic heterocycles. The van der Waals surface area contributed by atoms with Gasteiger partial charge in [-0.3, -0.25) is 0 Å². The minimum absolute atomic E-state index is 0.0700. The second-order valence-electron chi connectivity index (χ2n) is 3.98. The molecule has 0 saturated carbocycles. The fraction of sp³-hybridized carbons (Fsp3) is 0.214. The number of carbonyl (C=O) groups is 1. The van der Waals surface area contributed by atoms with Crippen molar-refractivity contribution in [1.29, 1.82) is 0 Å². The predicted octanol–water partition coefficient (Wildman–Crippen LogP) is 2.15. The average molecular weight is 255 g/mol. The number of benzene rings is 1. The highest BCUT2D eigenvalue weighted by atomic mass is 16.4. The lowest BCUT2D eigenvalue weighted by atomic mass is 10.1. The van der Waals surface area contributed by atoms with Crippen LogP contribution in [0.1, 0.15) is 23.3 Å². The van der Waals surface area contributed by atoms with Crippen molar-refractivity contribution in [2.24, 2.45) is 0 Å². The number of carboxylic acid groups (broad SMARTS) is 1. The normalized spacial score (nSPS) is 10.1. The second-order valence-corrected chi connectivity index (χ2v) is 3.98. The first kappa shape index (κ1) is 12.8. The van der Waals surface area contributed by atoms with E-state index >= 15 is 0 Å². The van der Waals surface area contributed by atoms with Crippen LogP contribution in [-0.2, 0) is 0 Å². The molecule has 0 aliphatic heterocycles. The first-order chi connectivity index (χ1) is 9.24. The third-order valence-corrected chi connectivity index (χ3v) is 2.67. The summed E-state index contributed by atoms with van der Waals surface area (Å²) in [6, 6.07) is 7.28. The molecule has 0 amide bonds.